The van der Waals surface area contributed by atoms with E-state index in [1.807, 2.05) is 0 Å². The molecule has 1 amide bonds. The van der Waals surface area contributed by atoms with Gasteiger partial charge in [0, 0.05) is 5.57 Å². The molecule has 2 nitrogen and oxygen atoms in total. The molecule has 0 bridgehead atoms. The highest BCUT2D eigenvalue weighted by Gasteiger charge is 2.01. The molecule has 0 aromatic carbocycles. The topological polar surface area (TPSA) is 43.1 Å². The zero-order chi connectivity index (χ0) is 7.44. The number of amides is 1. The number of allylic oxidation sites excluding steroid dienone is 2. The molecule has 0 aliphatic rings. The van der Waals surface area contributed by atoms with Crippen molar-refractivity contribution >= 4 is 5.91 Å². The van der Waals surface area contributed by atoms with Gasteiger partial charge in [-0.3, -0.25) is 4.79 Å². The average Bonchev–Trinajstić information content (AvgIpc) is 1.84. The Morgan fingerprint density at radius 3 is 2.33 bits per heavy atom. The second-order valence-electron chi connectivity index (χ2n) is 1.54. The molecular formula is C6H8FNO. The largest absolute Gasteiger partial charge is 0.366 e. The Morgan fingerprint density at radius 2 is 2.22 bits per heavy atom. The molecule has 2 N–H and O–H groups in total. The van der Waals surface area contributed by atoms with E-state index in [4.69, 9.17) is 5.73 Å². The fraction of sp³-hybridized carbons (Fsp3) is 0.167. The fourth-order valence-corrected chi connectivity index (χ4v) is 0.271. The first-order chi connectivity index (χ1) is 4.09. The van der Waals surface area contributed by atoms with Gasteiger partial charge < -0.3 is 5.73 Å². The fourth-order valence-electron chi connectivity index (χ4n) is 0.271. The summed E-state index contributed by atoms with van der Waals surface area (Å²) in [4.78, 5) is 10.2. The Balaban J connectivity index is 4.47. The van der Waals surface area contributed by atoms with E-state index < -0.39 is 11.7 Å². The lowest BCUT2D eigenvalue weighted by Gasteiger charge is -1.91. The zero-order valence-electron chi connectivity index (χ0n) is 5.15. The van der Waals surface area contributed by atoms with Gasteiger partial charge in [-0.15, -0.1) is 0 Å². The monoisotopic (exact) mass is 129 g/mol. The van der Waals surface area contributed by atoms with E-state index in [9.17, 15) is 9.18 Å². The molecule has 0 saturated heterocycles. The normalized spacial score (nSPS) is 12.2. The Hall–Kier alpha value is -1.12. The summed E-state index contributed by atoms with van der Waals surface area (Å²) >= 11 is 0. The van der Waals surface area contributed by atoms with Crippen molar-refractivity contribution in [1.82, 2.24) is 0 Å². The summed E-state index contributed by atoms with van der Waals surface area (Å²) in [6.07, 6.45) is 0.945. The molecule has 0 unspecified atom stereocenters. The summed E-state index contributed by atoms with van der Waals surface area (Å²) in [5.74, 6) is -1.42. The molecule has 0 spiro atoms. The molecule has 0 aromatic heterocycles. The lowest BCUT2D eigenvalue weighted by atomic mass is 10.2. The van der Waals surface area contributed by atoms with Gasteiger partial charge in [0.15, 0.2) is 0 Å². The van der Waals surface area contributed by atoms with Gasteiger partial charge in [0.05, 0.1) is 0 Å². The predicted molar refractivity (Wildman–Crippen MR) is 33.2 cm³/mol. The van der Waals surface area contributed by atoms with Gasteiger partial charge in [-0.05, 0) is 13.0 Å². The Kier molecular flexibility index (Phi) is 2.64. The minimum atomic E-state index is -0.757. The first-order valence-electron chi connectivity index (χ1n) is 2.38. The summed E-state index contributed by atoms with van der Waals surface area (Å²) in [7, 11) is 0. The maximum Gasteiger partial charge on any atom is 0.247 e. The summed E-state index contributed by atoms with van der Waals surface area (Å²) in [6.45, 7) is 4.43. The smallest absolute Gasteiger partial charge is 0.247 e. The van der Waals surface area contributed by atoms with E-state index in [0.29, 0.717) is 0 Å². The molecule has 50 valence electrons. The van der Waals surface area contributed by atoms with Crippen molar-refractivity contribution in [3.05, 3.63) is 24.1 Å². The van der Waals surface area contributed by atoms with Crippen LogP contribution in [0.1, 0.15) is 6.92 Å². The van der Waals surface area contributed by atoms with Crippen LogP contribution in [0.15, 0.2) is 24.1 Å². The van der Waals surface area contributed by atoms with Crippen molar-refractivity contribution in [2.75, 3.05) is 0 Å². The molecule has 0 atom stereocenters. The number of halogens is 1. The SMILES string of the molecule is C=C/C(F)=C(\C)C(N)=O. The van der Waals surface area contributed by atoms with Crippen molar-refractivity contribution in [3.8, 4) is 0 Å². The third-order valence-corrected chi connectivity index (χ3v) is 0.907. The number of primary amides is 1. The first kappa shape index (κ1) is 7.88. The first-order valence-corrected chi connectivity index (χ1v) is 2.38. The maximum absolute atomic E-state index is 12.2. The number of hydrogen-bond acceptors (Lipinski definition) is 1. The van der Waals surface area contributed by atoms with Crippen LogP contribution in [-0.4, -0.2) is 5.91 Å². The highest BCUT2D eigenvalue weighted by atomic mass is 19.1. The van der Waals surface area contributed by atoms with E-state index in [-0.39, 0.29) is 5.57 Å². The summed E-state index contributed by atoms with van der Waals surface area (Å²) < 4.78 is 12.2. The molecule has 3 heteroatoms. The van der Waals surface area contributed by atoms with E-state index in [1.165, 1.54) is 6.92 Å². The van der Waals surface area contributed by atoms with Crippen LogP contribution in [0.2, 0.25) is 0 Å². The van der Waals surface area contributed by atoms with E-state index in [0.717, 1.165) is 6.08 Å². The van der Waals surface area contributed by atoms with Crippen LogP contribution in [0, 0.1) is 0 Å². The molecule has 0 heterocycles. The minimum Gasteiger partial charge on any atom is -0.366 e. The van der Waals surface area contributed by atoms with Crippen molar-refractivity contribution in [3.63, 3.8) is 0 Å². The van der Waals surface area contributed by atoms with Crippen LogP contribution in [0.5, 0.6) is 0 Å². The van der Waals surface area contributed by atoms with Crippen LogP contribution in [0.4, 0.5) is 4.39 Å². The van der Waals surface area contributed by atoms with Crippen molar-refractivity contribution in [1.29, 1.82) is 0 Å². The molecule has 0 rings (SSSR count). The van der Waals surface area contributed by atoms with E-state index in [1.54, 1.807) is 0 Å². The molecule has 0 fully saturated rings. The van der Waals surface area contributed by atoms with Crippen LogP contribution in [0.25, 0.3) is 0 Å². The highest BCUT2D eigenvalue weighted by molar-refractivity contribution is 5.92. The number of carbonyl (C=O) groups excluding carboxylic acids is 1. The second kappa shape index (κ2) is 3.02. The Bertz CT molecular complexity index is 172. The zero-order valence-corrected chi connectivity index (χ0v) is 5.15. The second-order valence-corrected chi connectivity index (χ2v) is 1.54. The van der Waals surface area contributed by atoms with Gasteiger partial charge >= 0.3 is 0 Å². The van der Waals surface area contributed by atoms with Gasteiger partial charge in [0.25, 0.3) is 0 Å². The molecule has 9 heavy (non-hydrogen) atoms. The molecular weight excluding hydrogens is 121 g/mol. The molecule has 0 radical (unpaired) electrons. The van der Waals surface area contributed by atoms with Gasteiger partial charge in [-0.1, -0.05) is 6.58 Å². The van der Waals surface area contributed by atoms with Crippen molar-refractivity contribution in [2.45, 2.75) is 6.92 Å². The number of carbonyl (C=O) groups is 1. The third-order valence-electron chi connectivity index (χ3n) is 0.907. The summed E-state index contributed by atoms with van der Waals surface area (Å²) in [6, 6.07) is 0. The third kappa shape index (κ3) is 2.08. The summed E-state index contributed by atoms with van der Waals surface area (Å²) in [5.41, 5.74) is 4.64. The van der Waals surface area contributed by atoms with Crippen molar-refractivity contribution in [2.24, 2.45) is 5.73 Å². The van der Waals surface area contributed by atoms with Crippen molar-refractivity contribution < 1.29 is 9.18 Å². The predicted octanol–water partition coefficient (Wildman–Crippen LogP) is 0.901. The van der Waals surface area contributed by atoms with Crippen LogP contribution in [0.3, 0.4) is 0 Å². The standard InChI is InChI=1S/C6H8FNO/c1-3-5(7)4(2)6(8)9/h3H,1H2,2H3,(H2,8,9)/b5-4-. The van der Waals surface area contributed by atoms with Crippen LogP contribution >= 0.6 is 0 Å². The number of hydrogen-bond donors (Lipinski definition) is 1. The molecule has 0 aromatic rings. The number of nitrogens with two attached hydrogens (primary N) is 1. The van der Waals surface area contributed by atoms with Gasteiger partial charge in [0.2, 0.25) is 5.91 Å². The van der Waals surface area contributed by atoms with E-state index in [2.05, 4.69) is 6.58 Å². The summed E-state index contributed by atoms with van der Waals surface area (Å²) in [5, 5.41) is 0. The quantitative estimate of drug-likeness (QED) is 0.437. The van der Waals surface area contributed by atoms with Gasteiger partial charge in [-0.2, -0.15) is 0 Å². The number of rotatable bonds is 2. The molecule has 0 aliphatic heterocycles. The van der Waals surface area contributed by atoms with E-state index >= 15 is 0 Å². The van der Waals surface area contributed by atoms with Gasteiger partial charge in [0.1, 0.15) is 5.83 Å². The van der Waals surface area contributed by atoms with Gasteiger partial charge in [-0.25, -0.2) is 4.39 Å². The highest BCUT2D eigenvalue weighted by Crippen LogP contribution is 2.04. The Morgan fingerprint density at radius 1 is 1.78 bits per heavy atom. The molecule has 0 aliphatic carbocycles. The van der Waals surface area contributed by atoms with Crippen LogP contribution in [-0.2, 0) is 4.79 Å². The van der Waals surface area contributed by atoms with Crippen LogP contribution < -0.4 is 5.73 Å². The lowest BCUT2D eigenvalue weighted by molar-refractivity contribution is -0.114. The maximum atomic E-state index is 12.2. The lowest BCUT2D eigenvalue weighted by Crippen LogP contribution is -2.12. The Labute approximate surface area is 52.9 Å². The molecule has 0 saturated carbocycles. The minimum absolute atomic E-state index is 0.0926. The average molecular weight is 129 g/mol.